The van der Waals surface area contributed by atoms with E-state index in [-0.39, 0.29) is 5.41 Å². The third kappa shape index (κ3) is 4.13. The Labute approximate surface area is 155 Å². The van der Waals surface area contributed by atoms with Gasteiger partial charge >= 0.3 is 0 Å². The van der Waals surface area contributed by atoms with Gasteiger partial charge in [0.2, 0.25) is 5.96 Å². The van der Waals surface area contributed by atoms with Gasteiger partial charge in [-0.1, -0.05) is 11.6 Å². The minimum Gasteiger partial charge on any atom is -0.398 e. The van der Waals surface area contributed by atoms with E-state index in [1.807, 2.05) is 18.1 Å². The van der Waals surface area contributed by atoms with E-state index >= 15 is 0 Å². The summed E-state index contributed by atoms with van der Waals surface area (Å²) in [5, 5.41) is 10.1. The molecule has 0 aliphatic carbocycles. The highest BCUT2D eigenvalue weighted by molar-refractivity contribution is 7.83. The summed E-state index contributed by atoms with van der Waals surface area (Å²) in [5.74, 6) is 0.514. The molecule has 1 fully saturated rings. The van der Waals surface area contributed by atoms with Crippen molar-refractivity contribution < 1.29 is 4.21 Å². The maximum atomic E-state index is 12.6. The van der Waals surface area contributed by atoms with Crippen molar-refractivity contribution in [1.29, 1.82) is 0 Å². The molecule has 0 aromatic heterocycles. The molecule has 1 aromatic carbocycles. The van der Waals surface area contributed by atoms with Gasteiger partial charge in [0.05, 0.1) is 22.2 Å². The van der Waals surface area contributed by atoms with Gasteiger partial charge in [-0.25, -0.2) is 9.22 Å². The van der Waals surface area contributed by atoms with Gasteiger partial charge in [0.25, 0.3) is 0 Å². The van der Waals surface area contributed by atoms with E-state index in [1.165, 1.54) is 0 Å². The Hall–Kier alpha value is -1.64. The van der Waals surface area contributed by atoms with Crippen LogP contribution in [0.15, 0.2) is 33.2 Å². The highest BCUT2D eigenvalue weighted by atomic mass is 35.5. The Morgan fingerprint density at radius 3 is 2.96 bits per heavy atom. The minimum atomic E-state index is -1.49. The summed E-state index contributed by atoms with van der Waals surface area (Å²) in [7, 11) is -1.49. The van der Waals surface area contributed by atoms with Crippen molar-refractivity contribution in [2.45, 2.75) is 24.7 Å². The van der Waals surface area contributed by atoms with E-state index in [0.29, 0.717) is 28.1 Å². The normalized spacial score (nSPS) is 20.9. The topological polar surface area (TPSA) is 95.1 Å². The second kappa shape index (κ2) is 7.72. The van der Waals surface area contributed by atoms with Crippen LogP contribution in [0.3, 0.4) is 0 Å². The van der Waals surface area contributed by atoms with E-state index in [4.69, 9.17) is 17.3 Å². The fraction of sp³-hybridized carbons (Fsp3) is 0.500. The van der Waals surface area contributed by atoms with Gasteiger partial charge in [0.1, 0.15) is 0 Å². The standard InChI is InChI=1S/C16H23ClN6OS/c1-2-20-15(22-25(24)12-3-4-14(18)13(17)9-12)23-11-16(10-21-23)5-7-19-8-6-16/h3-4,9-10,19H,2,5-8,11,18H2,1H3,(H,20,22). The van der Waals surface area contributed by atoms with Crippen LogP contribution < -0.4 is 15.8 Å². The van der Waals surface area contributed by atoms with Gasteiger partial charge in [-0.3, -0.25) is 9.71 Å². The molecule has 9 heteroatoms. The number of nitrogens with two attached hydrogens (primary N) is 1. The average molecular weight is 383 g/mol. The Morgan fingerprint density at radius 2 is 2.28 bits per heavy atom. The molecule has 7 nitrogen and oxygen atoms in total. The molecule has 0 bridgehead atoms. The summed E-state index contributed by atoms with van der Waals surface area (Å²) in [6.45, 7) is 5.24. The van der Waals surface area contributed by atoms with Crippen LogP contribution in [0, 0.1) is 5.41 Å². The molecule has 1 spiro atoms. The SMILES string of the molecule is CCN=C(NS(=O)c1ccc(N)c(Cl)c1)N1CC2(C=N1)CCNCC2. The Balaban J connectivity index is 1.72. The van der Waals surface area contributed by atoms with E-state index < -0.39 is 11.0 Å². The Morgan fingerprint density at radius 1 is 1.52 bits per heavy atom. The van der Waals surface area contributed by atoms with Crippen LogP contribution in [0.25, 0.3) is 0 Å². The quantitative estimate of drug-likeness (QED) is 0.420. The van der Waals surface area contributed by atoms with Crippen LogP contribution in [-0.4, -0.2) is 47.6 Å². The lowest BCUT2D eigenvalue weighted by Crippen LogP contribution is -2.44. The minimum absolute atomic E-state index is 0.0768. The summed E-state index contributed by atoms with van der Waals surface area (Å²) in [6.07, 6.45) is 4.11. The predicted octanol–water partition coefficient (Wildman–Crippen LogP) is 1.58. The maximum absolute atomic E-state index is 12.6. The first-order chi connectivity index (χ1) is 12.0. The number of nitrogens with one attached hydrogen (secondary N) is 2. The number of benzene rings is 1. The number of guanidine groups is 1. The van der Waals surface area contributed by atoms with Crippen molar-refractivity contribution in [2.24, 2.45) is 15.5 Å². The van der Waals surface area contributed by atoms with Gasteiger partial charge in [-0.2, -0.15) is 5.10 Å². The van der Waals surface area contributed by atoms with Crippen molar-refractivity contribution in [3.05, 3.63) is 23.2 Å². The second-order valence-corrected chi connectivity index (χ2v) is 7.89. The van der Waals surface area contributed by atoms with Crippen molar-refractivity contribution in [3.8, 4) is 0 Å². The molecular weight excluding hydrogens is 360 g/mol. The van der Waals surface area contributed by atoms with Gasteiger partial charge < -0.3 is 11.1 Å². The van der Waals surface area contributed by atoms with Crippen LogP contribution >= 0.6 is 11.6 Å². The van der Waals surface area contributed by atoms with Crippen LogP contribution in [0.2, 0.25) is 5.02 Å². The summed E-state index contributed by atoms with van der Waals surface area (Å²) in [5.41, 5.74) is 6.25. The molecule has 3 rings (SSSR count). The number of hydrogen-bond acceptors (Lipinski definition) is 5. The lowest BCUT2D eigenvalue weighted by molar-refractivity contribution is 0.265. The van der Waals surface area contributed by atoms with Gasteiger partial charge in [-0.05, 0) is 51.1 Å². The zero-order valence-corrected chi connectivity index (χ0v) is 15.7. The first-order valence-corrected chi connectivity index (χ1v) is 9.87. The van der Waals surface area contributed by atoms with E-state index in [9.17, 15) is 4.21 Å². The number of rotatable bonds is 3. The number of piperidine rings is 1. The summed E-state index contributed by atoms with van der Waals surface area (Å²) < 4.78 is 15.6. The van der Waals surface area contributed by atoms with Crippen LogP contribution in [0.1, 0.15) is 19.8 Å². The van der Waals surface area contributed by atoms with E-state index in [0.717, 1.165) is 32.5 Å². The molecule has 136 valence electrons. The molecule has 25 heavy (non-hydrogen) atoms. The third-order valence-corrected chi connectivity index (χ3v) is 5.83. The molecule has 0 amide bonds. The smallest absolute Gasteiger partial charge is 0.227 e. The molecule has 4 N–H and O–H groups in total. The number of aliphatic imine (C=N–C) groups is 1. The summed E-state index contributed by atoms with van der Waals surface area (Å²) in [6, 6.07) is 4.94. The number of nitrogen functional groups attached to an aromatic ring is 1. The van der Waals surface area contributed by atoms with E-state index in [1.54, 1.807) is 18.2 Å². The van der Waals surface area contributed by atoms with Crippen molar-refractivity contribution >= 4 is 40.4 Å². The molecule has 2 aliphatic heterocycles. The molecule has 2 aliphatic rings. The van der Waals surface area contributed by atoms with Gasteiger partial charge in [0, 0.05) is 18.2 Å². The molecule has 0 saturated carbocycles. The number of hydrogen-bond donors (Lipinski definition) is 3. The molecule has 1 unspecified atom stereocenters. The first kappa shape index (κ1) is 18.2. The van der Waals surface area contributed by atoms with Gasteiger partial charge in [-0.15, -0.1) is 0 Å². The highest BCUT2D eigenvalue weighted by Crippen LogP contribution is 2.32. The molecular formula is C16H23ClN6OS. The maximum Gasteiger partial charge on any atom is 0.227 e. The number of halogens is 1. The van der Waals surface area contributed by atoms with Crippen molar-refractivity contribution in [1.82, 2.24) is 15.0 Å². The summed E-state index contributed by atoms with van der Waals surface area (Å²) in [4.78, 5) is 4.99. The molecule has 0 radical (unpaired) electrons. The zero-order valence-electron chi connectivity index (χ0n) is 14.2. The van der Waals surface area contributed by atoms with Gasteiger partial charge in [0.15, 0.2) is 11.0 Å². The number of nitrogens with zero attached hydrogens (tertiary/aromatic N) is 3. The van der Waals surface area contributed by atoms with Crippen LogP contribution in [-0.2, 0) is 11.0 Å². The zero-order chi connectivity index (χ0) is 17.9. The number of hydrazone groups is 1. The predicted molar refractivity (Wildman–Crippen MR) is 103 cm³/mol. The van der Waals surface area contributed by atoms with Crippen molar-refractivity contribution in [3.63, 3.8) is 0 Å². The molecule has 1 atom stereocenters. The average Bonchev–Trinajstić information content (AvgIpc) is 3.01. The fourth-order valence-corrected chi connectivity index (χ4v) is 4.11. The molecule has 1 saturated heterocycles. The summed E-state index contributed by atoms with van der Waals surface area (Å²) >= 11 is 6.02. The fourth-order valence-electron chi connectivity index (χ4n) is 2.99. The molecule has 1 aromatic rings. The third-order valence-electron chi connectivity index (χ3n) is 4.46. The largest absolute Gasteiger partial charge is 0.398 e. The Bertz CT molecular complexity index is 717. The van der Waals surface area contributed by atoms with Crippen molar-refractivity contribution in [2.75, 3.05) is 31.9 Å². The lowest BCUT2D eigenvalue weighted by atomic mass is 9.81. The molecule has 2 heterocycles. The Kier molecular flexibility index (Phi) is 5.61. The van der Waals surface area contributed by atoms with Crippen LogP contribution in [0.4, 0.5) is 5.69 Å². The second-order valence-electron chi connectivity index (χ2n) is 6.27. The lowest BCUT2D eigenvalue weighted by Gasteiger charge is -2.32. The van der Waals surface area contributed by atoms with Crippen LogP contribution in [0.5, 0.6) is 0 Å². The highest BCUT2D eigenvalue weighted by Gasteiger charge is 2.38. The number of anilines is 1. The monoisotopic (exact) mass is 382 g/mol. The first-order valence-electron chi connectivity index (χ1n) is 8.34. The van der Waals surface area contributed by atoms with E-state index in [2.05, 4.69) is 20.1 Å².